The van der Waals surface area contributed by atoms with Gasteiger partial charge < -0.3 is 14.1 Å². The van der Waals surface area contributed by atoms with Gasteiger partial charge in [-0.3, -0.25) is 9.78 Å². The number of halogens is 3. The first kappa shape index (κ1) is 21.1. The van der Waals surface area contributed by atoms with Crippen LogP contribution < -0.4 is 0 Å². The molecule has 0 bridgehead atoms. The van der Waals surface area contributed by atoms with E-state index >= 15 is 0 Å². The lowest BCUT2D eigenvalue weighted by Gasteiger charge is -2.24. The molecular formula is C23H21F3N2O3. The molecule has 0 spiro atoms. The summed E-state index contributed by atoms with van der Waals surface area (Å²) in [6, 6.07) is 11.5. The highest BCUT2D eigenvalue weighted by Crippen LogP contribution is 2.33. The van der Waals surface area contributed by atoms with Gasteiger partial charge in [-0.2, -0.15) is 13.2 Å². The number of furan rings is 1. The summed E-state index contributed by atoms with van der Waals surface area (Å²) in [6.45, 7) is 1.42. The molecule has 2 aromatic heterocycles. The Bertz CT molecular complexity index is 1030. The highest BCUT2D eigenvalue weighted by atomic mass is 19.4. The first-order valence-electron chi connectivity index (χ1n) is 9.97. The number of aromatic nitrogens is 1. The SMILES string of the molecule is O=C(c1ccc(-c2cccc(C(F)(F)F)c2)o1)N(Cc1ccncc1)CC1CCCO1. The van der Waals surface area contributed by atoms with E-state index in [1.807, 2.05) is 12.1 Å². The number of rotatable bonds is 6. The van der Waals surface area contributed by atoms with E-state index in [-0.39, 0.29) is 29.1 Å². The highest BCUT2D eigenvalue weighted by molar-refractivity contribution is 5.92. The summed E-state index contributed by atoms with van der Waals surface area (Å²) in [4.78, 5) is 18.8. The van der Waals surface area contributed by atoms with Gasteiger partial charge >= 0.3 is 6.18 Å². The summed E-state index contributed by atoms with van der Waals surface area (Å²) in [5.41, 5.74) is 0.395. The van der Waals surface area contributed by atoms with Crippen molar-refractivity contribution in [1.29, 1.82) is 0 Å². The molecule has 3 heterocycles. The second-order valence-electron chi connectivity index (χ2n) is 7.42. The number of hydrogen-bond acceptors (Lipinski definition) is 4. The van der Waals surface area contributed by atoms with Gasteiger partial charge in [0.15, 0.2) is 5.76 Å². The number of carbonyl (C=O) groups is 1. The van der Waals surface area contributed by atoms with Crippen molar-refractivity contribution in [2.75, 3.05) is 13.2 Å². The quantitative estimate of drug-likeness (QED) is 0.541. The molecular weight excluding hydrogens is 409 g/mol. The van der Waals surface area contributed by atoms with Crippen LogP contribution in [0, 0.1) is 0 Å². The van der Waals surface area contributed by atoms with Crippen molar-refractivity contribution < 1.29 is 27.1 Å². The van der Waals surface area contributed by atoms with Crippen LogP contribution in [0.3, 0.4) is 0 Å². The van der Waals surface area contributed by atoms with Gasteiger partial charge in [0, 0.05) is 37.7 Å². The van der Waals surface area contributed by atoms with Gasteiger partial charge in [0.1, 0.15) is 5.76 Å². The Morgan fingerprint density at radius 3 is 2.65 bits per heavy atom. The van der Waals surface area contributed by atoms with Gasteiger partial charge in [0.05, 0.1) is 11.7 Å². The fourth-order valence-electron chi connectivity index (χ4n) is 3.57. The van der Waals surface area contributed by atoms with Crippen LogP contribution in [0.1, 0.15) is 34.5 Å². The first-order chi connectivity index (χ1) is 14.9. The van der Waals surface area contributed by atoms with Crippen molar-refractivity contribution in [2.24, 2.45) is 0 Å². The maximum atomic E-state index is 13.2. The van der Waals surface area contributed by atoms with Crippen molar-refractivity contribution in [2.45, 2.75) is 31.7 Å². The van der Waals surface area contributed by atoms with Crippen LogP contribution in [0.4, 0.5) is 13.2 Å². The van der Waals surface area contributed by atoms with E-state index in [1.165, 1.54) is 24.3 Å². The predicted molar refractivity (Wildman–Crippen MR) is 107 cm³/mol. The van der Waals surface area contributed by atoms with E-state index in [2.05, 4.69) is 4.98 Å². The standard InChI is InChI=1S/C23H21F3N2O3/c24-23(25,26)18-4-1-3-17(13-18)20-6-7-21(31-20)22(29)28(15-19-5-2-12-30-19)14-16-8-10-27-11-9-16/h1,3-4,6-11,13,19H,2,5,12,14-15H2. The van der Waals surface area contributed by atoms with Crippen molar-refractivity contribution >= 4 is 5.91 Å². The third-order valence-electron chi connectivity index (χ3n) is 5.15. The Morgan fingerprint density at radius 2 is 1.94 bits per heavy atom. The molecule has 1 amide bonds. The van der Waals surface area contributed by atoms with E-state index in [4.69, 9.17) is 9.15 Å². The summed E-state index contributed by atoms with van der Waals surface area (Å²) >= 11 is 0. The number of ether oxygens (including phenoxy) is 1. The van der Waals surface area contributed by atoms with E-state index < -0.39 is 11.7 Å². The summed E-state index contributed by atoms with van der Waals surface area (Å²) in [7, 11) is 0. The lowest BCUT2D eigenvalue weighted by atomic mass is 10.1. The van der Waals surface area contributed by atoms with Crippen LogP contribution in [-0.4, -0.2) is 35.0 Å². The lowest BCUT2D eigenvalue weighted by molar-refractivity contribution is -0.137. The molecule has 1 aliphatic rings. The van der Waals surface area contributed by atoms with Crippen LogP contribution in [0.25, 0.3) is 11.3 Å². The molecule has 3 aromatic rings. The number of alkyl halides is 3. The summed E-state index contributed by atoms with van der Waals surface area (Å²) in [6.07, 6.45) is 0.620. The second-order valence-corrected chi connectivity index (χ2v) is 7.42. The van der Waals surface area contributed by atoms with Crippen LogP contribution in [0.5, 0.6) is 0 Å². The van der Waals surface area contributed by atoms with Crippen molar-refractivity contribution in [1.82, 2.24) is 9.88 Å². The fraction of sp³-hybridized carbons (Fsp3) is 0.304. The number of nitrogens with zero attached hydrogens (tertiary/aromatic N) is 2. The average Bonchev–Trinajstić information content (AvgIpc) is 3.45. The molecule has 8 heteroatoms. The Hall–Kier alpha value is -3.13. The first-order valence-corrected chi connectivity index (χ1v) is 9.97. The second kappa shape index (κ2) is 8.93. The van der Waals surface area contributed by atoms with Gasteiger partial charge in [-0.15, -0.1) is 0 Å². The third-order valence-corrected chi connectivity index (χ3v) is 5.15. The number of carbonyl (C=O) groups excluding carboxylic acids is 1. The van der Waals surface area contributed by atoms with Crippen LogP contribution in [-0.2, 0) is 17.5 Å². The largest absolute Gasteiger partial charge is 0.451 e. The Morgan fingerprint density at radius 1 is 1.13 bits per heavy atom. The van der Waals surface area contributed by atoms with Gasteiger partial charge in [0.2, 0.25) is 0 Å². The van der Waals surface area contributed by atoms with Gasteiger partial charge in [-0.05, 0) is 54.8 Å². The number of amides is 1. The van der Waals surface area contributed by atoms with Crippen LogP contribution in [0.2, 0.25) is 0 Å². The summed E-state index contributed by atoms with van der Waals surface area (Å²) < 4.78 is 50.4. The Balaban J connectivity index is 1.56. The zero-order valence-electron chi connectivity index (χ0n) is 16.6. The van der Waals surface area contributed by atoms with Crippen molar-refractivity contribution in [3.05, 3.63) is 77.8 Å². The molecule has 4 rings (SSSR count). The Kier molecular flexibility index (Phi) is 6.08. The highest BCUT2D eigenvalue weighted by Gasteiger charge is 2.31. The topological polar surface area (TPSA) is 55.6 Å². The van der Waals surface area contributed by atoms with E-state index in [1.54, 1.807) is 17.3 Å². The average molecular weight is 430 g/mol. The minimum atomic E-state index is -4.45. The molecule has 1 aliphatic heterocycles. The zero-order valence-corrected chi connectivity index (χ0v) is 16.6. The number of benzene rings is 1. The predicted octanol–water partition coefficient (Wildman–Crippen LogP) is 5.18. The maximum absolute atomic E-state index is 13.2. The third kappa shape index (κ3) is 5.14. The smallest absolute Gasteiger partial charge is 0.416 e. The monoisotopic (exact) mass is 430 g/mol. The van der Waals surface area contributed by atoms with Crippen molar-refractivity contribution in [3.63, 3.8) is 0 Å². The molecule has 1 unspecified atom stereocenters. The summed E-state index contributed by atoms with van der Waals surface area (Å²) in [5.74, 6) is -0.0690. The number of pyridine rings is 1. The van der Waals surface area contributed by atoms with Crippen LogP contribution >= 0.6 is 0 Å². The van der Waals surface area contributed by atoms with Gasteiger partial charge in [0.25, 0.3) is 5.91 Å². The van der Waals surface area contributed by atoms with E-state index in [0.29, 0.717) is 19.7 Å². The van der Waals surface area contributed by atoms with E-state index in [0.717, 1.165) is 30.5 Å². The molecule has 162 valence electrons. The normalized spacial score (nSPS) is 16.4. The molecule has 0 N–H and O–H groups in total. The molecule has 0 aliphatic carbocycles. The Labute approximate surface area is 177 Å². The number of hydrogen-bond donors (Lipinski definition) is 0. The molecule has 31 heavy (non-hydrogen) atoms. The van der Waals surface area contributed by atoms with Gasteiger partial charge in [-0.1, -0.05) is 12.1 Å². The minimum Gasteiger partial charge on any atom is -0.451 e. The molecule has 0 saturated carbocycles. The molecule has 0 radical (unpaired) electrons. The molecule has 1 aromatic carbocycles. The van der Waals surface area contributed by atoms with E-state index in [9.17, 15) is 18.0 Å². The molecule has 5 nitrogen and oxygen atoms in total. The zero-order chi connectivity index (χ0) is 21.8. The molecule has 1 fully saturated rings. The minimum absolute atomic E-state index is 0.0521. The van der Waals surface area contributed by atoms with Crippen LogP contribution in [0.15, 0.2) is 65.3 Å². The molecule has 1 saturated heterocycles. The maximum Gasteiger partial charge on any atom is 0.416 e. The summed E-state index contributed by atoms with van der Waals surface area (Å²) in [5, 5.41) is 0. The molecule has 1 atom stereocenters. The van der Waals surface area contributed by atoms with Gasteiger partial charge in [-0.25, -0.2) is 0 Å². The fourth-order valence-corrected chi connectivity index (χ4v) is 3.57. The van der Waals surface area contributed by atoms with Crippen molar-refractivity contribution in [3.8, 4) is 11.3 Å². The lowest BCUT2D eigenvalue weighted by Crippen LogP contribution is -2.36.